The van der Waals surface area contributed by atoms with E-state index >= 15 is 0 Å². The van der Waals surface area contributed by atoms with Gasteiger partial charge >= 0.3 is 0 Å². The zero-order chi connectivity index (χ0) is 12.8. The number of pyridine rings is 1. The van der Waals surface area contributed by atoms with Gasteiger partial charge in [0, 0.05) is 12.4 Å². The fourth-order valence-corrected chi connectivity index (χ4v) is 3.26. The average Bonchev–Trinajstić information content (AvgIpc) is 2.89. The SMILES string of the molecule is O=S(=O)(c1ccc(Cl)nc1)n1cc2c(n1)CCC2. The van der Waals surface area contributed by atoms with Gasteiger partial charge in [0.05, 0.1) is 5.69 Å². The first-order valence-electron chi connectivity index (χ1n) is 5.52. The van der Waals surface area contributed by atoms with Crippen molar-refractivity contribution in [2.75, 3.05) is 0 Å². The third kappa shape index (κ3) is 1.81. The van der Waals surface area contributed by atoms with Gasteiger partial charge in [0.2, 0.25) is 0 Å². The number of aryl methyl sites for hydroxylation is 2. The molecule has 0 radical (unpaired) electrons. The molecule has 0 amide bonds. The molecule has 2 heterocycles. The molecule has 0 fully saturated rings. The Labute approximate surface area is 109 Å². The highest BCUT2D eigenvalue weighted by atomic mass is 35.5. The van der Waals surface area contributed by atoms with Crippen molar-refractivity contribution in [3.63, 3.8) is 0 Å². The van der Waals surface area contributed by atoms with Crippen LogP contribution >= 0.6 is 11.6 Å². The molecule has 18 heavy (non-hydrogen) atoms. The molecule has 0 spiro atoms. The van der Waals surface area contributed by atoms with Gasteiger partial charge in [-0.25, -0.2) is 4.98 Å². The predicted octanol–water partition coefficient (Wildman–Crippen LogP) is 1.66. The van der Waals surface area contributed by atoms with Crippen LogP contribution < -0.4 is 0 Å². The lowest BCUT2D eigenvalue weighted by Gasteiger charge is -2.03. The number of aromatic nitrogens is 3. The molecule has 3 rings (SSSR count). The molecule has 2 aromatic heterocycles. The number of nitrogens with zero attached hydrogens (tertiary/aromatic N) is 3. The van der Waals surface area contributed by atoms with Crippen LogP contribution in [0, 0.1) is 0 Å². The van der Waals surface area contributed by atoms with Crippen molar-refractivity contribution >= 4 is 21.6 Å². The maximum absolute atomic E-state index is 12.3. The fraction of sp³-hybridized carbons (Fsp3) is 0.273. The molecular formula is C11H10ClN3O2S. The van der Waals surface area contributed by atoms with Gasteiger partial charge in [0.25, 0.3) is 10.0 Å². The second-order valence-electron chi connectivity index (χ2n) is 4.15. The summed E-state index contributed by atoms with van der Waals surface area (Å²) in [4.78, 5) is 3.87. The summed E-state index contributed by atoms with van der Waals surface area (Å²) in [5.74, 6) is 0. The maximum Gasteiger partial charge on any atom is 0.284 e. The van der Waals surface area contributed by atoms with Crippen LogP contribution in [0.25, 0.3) is 0 Å². The van der Waals surface area contributed by atoms with Crippen LogP contribution in [0.2, 0.25) is 5.15 Å². The van der Waals surface area contributed by atoms with Gasteiger partial charge < -0.3 is 0 Å². The van der Waals surface area contributed by atoms with E-state index in [2.05, 4.69) is 10.1 Å². The van der Waals surface area contributed by atoms with E-state index in [1.54, 1.807) is 6.20 Å². The van der Waals surface area contributed by atoms with Crippen molar-refractivity contribution in [1.82, 2.24) is 14.2 Å². The Morgan fingerprint density at radius 3 is 2.78 bits per heavy atom. The fourth-order valence-electron chi connectivity index (χ4n) is 2.03. The van der Waals surface area contributed by atoms with Gasteiger partial charge in [-0.1, -0.05) is 11.6 Å². The lowest BCUT2D eigenvalue weighted by Crippen LogP contribution is -2.14. The van der Waals surface area contributed by atoms with E-state index in [0.29, 0.717) is 0 Å². The second-order valence-corrected chi connectivity index (χ2v) is 6.33. The van der Waals surface area contributed by atoms with Crippen molar-refractivity contribution < 1.29 is 8.42 Å². The topological polar surface area (TPSA) is 64.8 Å². The van der Waals surface area contributed by atoms with E-state index in [9.17, 15) is 8.42 Å². The summed E-state index contributed by atoms with van der Waals surface area (Å²) < 4.78 is 25.6. The summed E-state index contributed by atoms with van der Waals surface area (Å²) >= 11 is 5.64. The van der Waals surface area contributed by atoms with E-state index in [0.717, 1.165) is 34.6 Å². The summed E-state index contributed by atoms with van der Waals surface area (Å²) in [7, 11) is -3.65. The first-order chi connectivity index (χ1) is 8.57. The van der Waals surface area contributed by atoms with Crippen LogP contribution in [0.3, 0.4) is 0 Å². The Bertz CT molecular complexity index is 670. The zero-order valence-electron chi connectivity index (χ0n) is 9.38. The van der Waals surface area contributed by atoms with Gasteiger partial charge in [0.15, 0.2) is 0 Å². The standard InChI is InChI=1S/C11H10ClN3O2S/c12-11-5-4-9(6-13-11)18(16,17)15-7-8-2-1-3-10(8)14-15/h4-7H,1-3H2. The van der Waals surface area contributed by atoms with Crippen molar-refractivity contribution in [2.45, 2.75) is 24.2 Å². The Hall–Kier alpha value is -1.40. The van der Waals surface area contributed by atoms with Crippen molar-refractivity contribution in [1.29, 1.82) is 0 Å². The largest absolute Gasteiger partial charge is 0.284 e. The van der Waals surface area contributed by atoms with Crippen molar-refractivity contribution in [3.05, 3.63) is 40.9 Å². The van der Waals surface area contributed by atoms with Gasteiger partial charge in [-0.05, 0) is 37.0 Å². The van der Waals surface area contributed by atoms with Crippen LogP contribution in [0.15, 0.2) is 29.4 Å². The molecule has 0 aliphatic heterocycles. The molecular weight excluding hydrogens is 274 g/mol. The van der Waals surface area contributed by atoms with E-state index < -0.39 is 10.0 Å². The summed E-state index contributed by atoms with van der Waals surface area (Å²) in [6, 6.07) is 2.88. The smallest absolute Gasteiger partial charge is 0.243 e. The second kappa shape index (κ2) is 4.07. The molecule has 0 saturated heterocycles. The Balaban J connectivity index is 2.06. The molecule has 0 saturated carbocycles. The Morgan fingerprint density at radius 2 is 2.11 bits per heavy atom. The minimum atomic E-state index is -3.65. The molecule has 5 nitrogen and oxygen atoms in total. The highest BCUT2D eigenvalue weighted by molar-refractivity contribution is 7.89. The first-order valence-corrected chi connectivity index (χ1v) is 7.34. The number of rotatable bonds is 2. The molecule has 7 heteroatoms. The van der Waals surface area contributed by atoms with Gasteiger partial charge in [-0.15, -0.1) is 0 Å². The van der Waals surface area contributed by atoms with Crippen molar-refractivity contribution in [3.8, 4) is 0 Å². The monoisotopic (exact) mass is 283 g/mol. The van der Waals surface area contributed by atoms with E-state index in [4.69, 9.17) is 11.6 Å². The third-order valence-corrected chi connectivity index (χ3v) is 4.70. The molecule has 94 valence electrons. The quantitative estimate of drug-likeness (QED) is 0.786. The van der Waals surface area contributed by atoms with E-state index in [1.165, 1.54) is 18.3 Å². The van der Waals surface area contributed by atoms with Crippen molar-refractivity contribution in [2.24, 2.45) is 0 Å². The maximum atomic E-state index is 12.3. The summed E-state index contributed by atoms with van der Waals surface area (Å²) in [6.45, 7) is 0. The van der Waals surface area contributed by atoms with Gasteiger partial charge in [-0.3, -0.25) is 0 Å². The van der Waals surface area contributed by atoms with E-state index in [-0.39, 0.29) is 10.0 Å². The van der Waals surface area contributed by atoms with Crippen LogP contribution in [0.1, 0.15) is 17.7 Å². The predicted molar refractivity (Wildman–Crippen MR) is 66.1 cm³/mol. The Kier molecular flexibility index (Phi) is 2.64. The minimum absolute atomic E-state index is 0.0908. The zero-order valence-corrected chi connectivity index (χ0v) is 10.9. The molecule has 0 N–H and O–H groups in total. The van der Waals surface area contributed by atoms with Gasteiger partial charge in [0.1, 0.15) is 10.0 Å². The molecule has 0 atom stereocenters. The van der Waals surface area contributed by atoms with E-state index in [1.807, 2.05) is 0 Å². The average molecular weight is 284 g/mol. The van der Waals surface area contributed by atoms with Crippen LogP contribution in [-0.2, 0) is 22.9 Å². The highest BCUT2D eigenvalue weighted by Crippen LogP contribution is 2.22. The summed E-state index contributed by atoms with van der Waals surface area (Å²) in [5.41, 5.74) is 1.89. The first kappa shape index (κ1) is 11.7. The molecule has 1 aliphatic carbocycles. The van der Waals surface area contributed by atoms with Crippen LogP contribution in [0.5, 0.6) is 0 Å². The van der Waals surface area contributed by atoms with Crippen LogP contribution in [-0.4, -0.2) is 22.6 Å². The highest BCUT2D eigenvalue weighted by Gasteiger charge is 2.23. The van der Waals surface area contributed by atoms with Crippen LogP contribution in [0.4, 0.5) is 0 Å². The number of halogens is 1. The lowest BCUT2D eigenvalue weighted by molar-refractivity contribution is 0.578. The molecule has 2 aromatic rings. The number of hydrogen-bond acceptors (Lipinski definition) is 4. The Morgan fingerprint density at radius 1 is 1.28 bits per heavy atom. The lowest BCUT2D eigenvalue weighted by atomic mass is 10.3. The molecule has 0 bridgehead atoms. The molecule has 0 aromatic carbocycles. The summed E-state index contributed by atoms with van der Waals surface area (Å²) in [5, 5.41) is 4.39. The normalized spacial score (nSPS) is 14.7. The minimum Gasteiger partial charge on any atom is -0.243 e. The summed E-state index contributed by atoms with van der Waals surface area (Å²) in [6.07, 6.45) is 5.61. The number of hydrogen-bond donors (Lipinski definition) is 0. The van der Waals surface area contributed by atoms with Gasteiger partial charge in [-0.2, -0.15) is 17.6 Å². The third-order valence-electron chi connectivity index (χ3n) is 2.96. The molecule has 1 aliphatic rings. The number of fused-ring (bicyclic) bond motifs is 1. The molecule has 0 unspecified atom stereocenters.